The lowest BCUT2D eigenvalue weighted by Gasteiger charge is -2.23. The van der Waals surface area contributed by atoms with Gasteiger partial charge in [-0.25, -0.2) is 0 Å². The largest absolute Gasteiger partial charge is 0.345 e. The SMILES string of the molecule is CSCc1noc(CNC(=O)[C@@H](c2ccc(C)cc2)N(C)C)n1. The minimum absolute atomic E-state index is 0.0940. The Balaban J connectivity index is 2.02. The molecule has 1 aromatic carbocycles. The van der Waals surface area contributed by atoms with Crippen molar-refractivity contribution in [1.29, 1.82) is 0 Å². The van der Waals surface area contributed by atoms with Crippen LogP contribution >= 0.6 is 11.8 Å². The van der Waals surface area contributed by atoms with Crippen LogP contribution in [0.25, 0.3) is 0 Å². The van der Waals surface area contributed by atoms with Gasteiger partial charge in [-0.1, -0.05) is 35.0 Å². The number of nitrogens with one attached hydrogen (secondary N) is 1. The number of thioether (sulfide) groups is 1. The van der Waals surface area contributed by atoms with Crippen molar-refractivity contribution in [3.63, 3.8) is 0 Å². The van der Waals surface area contributed by atoms with E-state index in [1.165, 1.54) is 5.56 Å². The smallest absolute Gasteiger partial charge is 0.246 e. The van der Waals surface area contributed by atoms with Crippen LogP contribution in [0.3, 0.4) is 0 Å². The van der Waals surface area contributed by atoms with E-state index in [-0.39, 0.29) is 18.5 Å². The van der Waals surface area contributed by atoms with Gasteiger partial charge in [0, 0.05) is 0 Å². The molecule has 1 amide bonds. The van der Waals surface area contributed by atoms with E-state index in [1.807, 2.05) is 56.4 Å². The summed E-state index contributed by atoms with van der Waals surface area (Å²) in [6, 6.07) is 7.60. The molecule has 0 fully saturated rings. The van der Waals surface area contributed by atoms with Crippen molar-refractivity contribution in [2.24, 2.45) is 0 Å². The van der Waals surface area contributed by atoms with Gasteiger partial charge in [0.2, 0.25) is 11.8 Å². The van der Waals surface area contributed by atoms with E-state index in [1.54, 1.807) is 11.8 Å². The molecule has 0 aliphatic rings. The number of rotatable bonds is 7. The number of carbonyl (C=O) groups excluding carboxylic acids is 1. The monoisotopic (exact) mass is 334 g/mol. The Bertz CT molecular complexity index is 640. The second-order valence-electron chi connectivity index (χ2n) is 5.53. The third kappa shape index (κ3) is 4.80. The summed E-state index contributed by atoms with van der Waals surface area (Å²) in [5.41, 5.74) is 2.12. The fourth-order valence-electron chi connectivity index (χ4n) is 2.24. The third-order valence-electron chi connectivity index (χ3n) is 3.36. The van der Waals surface area contributed by atoms with Crippen LogP contribution in [-0.2, 0) is 17.1 Å². The maximum absolute atomic E-state index is 12.5. The van der Waals surface area contributed by atoms with Crippen molar-refractivity contribution in [3.8, 4) is 0 Å². The van der Waals surface area contributed by atoms with E-state index < -0.39 is 0 Å². The highest BCUT2D eigenvalue weighted by atomic mass is 32.2. The fraction of sp³-hybridized carbons (Fsp3) is 0.438. The van der Waals surface area contributed by atoms with Gasteiger partial charge >= 0.3 is 0 Å². The quantitative estimate of drug-likeness (QED) is 0.837. The Morgan fingerprint density at radius 1 is 1.35 bits per heavy atom. The molecule has 2 aromatic rings. The summed E-state index contributed by atoms with van der Waals surface area (Å²) in [4.78, 5) is 18.6. The van der Waals surface area contributed by atoms with Crippen LogP contribution in [0.2, 0.25) is 0 Å². The highest BCUT2D eigenvalue weighted by Crippen LogP contribution is 2.19. The Hall–Kier alpha value is -1.86. The number of likely N-dealkylation sites (N-methyl/N-ethyl adjacent to an activating group) is 1. The number of carbonyl (C=O) groups is 1. The molecule has 7 heteroatoms. The molecule has 0 aliphatic heterocycles. The molecule has 0 bridgehead atoms. The van der Waals surface area contributed by atoms with Gasteiger partial charge in [-0.05, 0) is 32.8 Å². The lowest BCUT2D eigenvalue weighted by Crippen LogP contribution is -2.36. The van der Waals surface area contributed by atoms with Crippen LogP contribution in [-0.4, -0.2) is 41.3 Å². The predicted octanol–water partition coefficient (Wildman–Crippen LogP) is 2.16. The molecule has 1 heterocycles. The Morgan fingerprint density at radius 3 is 2.65 bits per heavy atom. The molecular formula is C16H22N4O2S. The van der Waals surface area contributed by atoms with Crippen LogP contribution < -0.4 is 5.32 Å². The van der Waals surface area contributed by atoms with Gasteiger partial charge in [0.05, 0.1) is 12.3 Å². The normalized spacial score (nSPS) is 12.4. The molecule has 1 atom stereocenters. The van der Waals surface area contributed by atoms with Gasteiger partial charge in [0.25, 0.3) is 0 Å². The minimum Gasteiger partial charge on any atom is -0.345 e. The topological polar surface area (TPSA) is 71.3 Å². The summed E-state index contributed by atoms with van der Waals surface area (Å²) >= 11 is 1.62. The first-order valence-electron chi connectivity index (χ1n) is 7.32. The first kappa shape index (κ1) is 17.5. The molecule has 0 aliphatic carbocycles. The molecule has 0 saturated heterocycles. The molecule has 2 rings (SSSR count). The number of hydrogen-bond donors (Lipinski definition) is 1. The predicted molar refractivity (Wildman–Crippen MR) is 91.0 cm³/mol. The van der Waals surface area contributed by atoms with Crippen LogP contribution in [0.5, 0.6) is 0 Å². The molecule has 0 saturated carbocycles. The number of aryl methyl sites for hydroxylation is 1. The summed E-state index contributed by atoms with van der Waals surface area (Å²) in [7, 11) is 3.76. The van der Waals surface area contributed by atoms with Crippen LogP contribution in [0, 0.1) is 6.92 Å². The van der Waals surface area contributed by atoms with Gasteiger partial charge in [0.15, 0.2) is 5.82 Å². The van der Waals surface area contributed by atoms with Gasteiger partial charge in [-0.15, -0.1) is 0 Å². The molecule has 23 heavy (non-hydrogen) atoms. The summed E-state index contributed by atoms with van der Waals surface area (Å²) in [5.74, 6) is 1.66. The zero-order chi connectivity index (χ0) is 16.8. The molecule has 0 spiro atoms. The standard InChI is InChI=1S/C16H22N4O2S/c1-11-5-7-12(8-6-11)15(20(2)3)16(21)17-9-14-18-13(10-23-4)19-22-14/h5-8,15H,9-10H2,1-4H3,(H,17,21)/t15-/m1/s1. The number of benzene rings is 1. The number of hydrogen-bond acceptors (Lipinski definition) is 6. The van der Waals surface area contributed by atoms with Gasteiger partial charge < -0.3 is 9.84 Å². The van der Waals surface area contributed by atoms with Crippen molar-refractivity contribution in [2.75, 3.05) is 20.4 Å². The molecule has 6 nitrogen and oxygen atoms in total. The van der Waals surface area contributed by atoms with Crippen LogP contribution in [0.15, 0.2) is 28.8 Å². The maximum Gasteiger partial charge on any atom is 0.246 e. The average Bonchev–Trinajstić information content (AvgIpc) is 2.95. The zero-order valence-electron chi connectivity index (χ0n) is 13.9. The molecule has 1 aromatic heterocycles. The number of nitrogens with zero attached hydrogens (tertiary/aromatic N) is 3. The van der Waals surface area contributed by atoms with E-state index in [9.17, 15) is 4.79 Å². The highest BCUT2D eigenvalue weighted by molar-refractivity contribution is 7.97. The Kier molecular flexibility index (Phi) is 6.18. The van der Waals surface area contributed by atoms with E-state index in [0.29, 0.717) is 17.5 Å². The minimum atomic E-state index is -0.357. The second kappa shape index (κ2) is 8.12. The highest BCUT2D eigenvalue weighted by Gasteiger charge is 2.23. The summed E-state index contributed by atoms with van der Waals surface area (Å²) in [6.07, 6.45) is 1.97. The van der Waals surface area contributed by atoms with Gasteiger partial charge in [0.1, 0.15) is 6.04 Å². The number of aromatic nitrogens is 2. The first-order valence-corrected chi connectivity index (χ1v) is 8.71. The van der Waals surface area contributed by atoms with Gasteiger partial charge in [-0.2, -0.15) is 16.7 Å². The second-order valence-corrected chi connectivity index (χ2v) is 6.40. The van der Waals surface area contributed by atoms with Crippen molar-refractivity contribution in [2.45, 2.75) is 25.3 Å². The third-order valence-corrected chi connectivity index (χ3v) is 3.90. The van der Waals surface area contributed by atoms with Crippen molar-refractivity contribution in [3.05, 3.63) is 47.1 Å². The summed E-state index contributed by atoms with van der Waals surface area (Å²) in [6.45, 7) is 2.26. The number of amides is 1. The molecule has 0 radical (unpaired) electrons. The van der Waals surface area contributed by atoms with Crippen LogP contribution in [0.1, 0.15) is 28.9 Å². The fourth-order valence-corrected chi connectivity index (χ4v) is 2.62. The summed E-state index contributed by atoms with van der Waals surface area (Å²) < 4.78 is 5.13. The molecule has 124 valence electrons. The Morgan fingerprint density at radius 2 is 2.04 bits per heavy atom. The lowest BCUT2D eigenvalue weighted by molar-refractivity contribution is -0.126. The van der Waals surface area contributed by atoms with Crippen molar-refractivity contribution < 1.29 is 9.32 Å². The lowest BCUT2D eigenvalue weighted by atomic mass is 10.0. The molecule has 0 unspecified atom stereocenters. The zero-order valence-corrected chi connectivity index (χ0v) is 14.7. The van der Waals surface area contributed by atoms with Crippen molar-refractivity contribution >= 4 is 17.7 Å². The van der Waals surface area contributed by atoms with E-state index in [2.05, 4.69) is 15.5 Å². The molecular weight excluding hydrogens is 312 g/mol. The summed E-state index contributed by atoms with van der Waals surface area (Å²) in [5, 5.41) is 6.73. The average molecular weight is 334 g/mol. The van der Waals surface area contributed by atoms with Crippen LogP contribution in [0.4, 0.5) is 0 Å². The van der Waals surface area contributed by atoms with Crippen molar-refractivity contribution in [1.82, 2.24) is 20.4 Å². The maximum atomic E-state index is 12.5. The van der Waals surface area contributed by atoms with E-state index in [4.69, 9.17) is 4.52 Å². The Labute approximate surface area is 140 Å². The molecule has 1 N–H and O–H groups in total. The van der Waals surface area contributed by atoms with E-state index >= 15 is 0 Å². The van der Waals surface area contributed by atoms with E-state index in [0.717, 1.165) is 5.56 Å². The first-order chi connectivity index (χ1) is 11.0. The van der Waals surface area contributed by atoms with Gasteiger partial charge in [-0.3, -0.25) is 9.69 Å².